The van der Waals surface area contributed by atoms with Crippen LogP contribution >= 0.6 is 34.7 Å². The molecule has 1 aliphatic rings. The molecule has 222 valence electrons. The maximum atomic E-state index is 13.5. The lowest BCUT2D eigenvalue weighted by molar-refractivity contribution is -0.116. The summed E-state index contributed by atoms with van der Waals surface area (Å²) in [5.41, 5.74) is 4.28. The third-order valence-electron chi connectivity index (χ3n) is 7.50. The van der Waals surface area contributed by atoms with Crippen molar-refractivity contribution in [2.45, 2.75) is 55.1 Å². The highest BCUT2D eigenvalue weighted by Gasteiger charge is 2.31. The van der Waals surface area contributed by atoms with Crippen LogP contribution in [0.4, 0.5) is 10.7 Å². The molecule has 1 aliphatic carbocycles. The number of carbonyl (C=O) groups excluding carboxylic acids is 3. The van der Waals surface area contributed by atoms with Crippen molar-refractivity contribution in [2.24, 2.45) is 0 Å². The first-order valence-electron chi connectivity index (χ1n) is 14.2. The molecule has 0 saturated heterocycles. The molecule has 0 radical (unpaired) electrons. The largest absolute Gasteiger partial charge is 0.465 e. The van der Waals surface area contributed by atoms with Crippen molar-refractivity contribution in [2.75, 3.05) is 17.7 Å². The van der Waals surface area contributed by atoms with Gasteiger partial charge in [-0.15, -0.1) is 23.1 Å². The first-order chi connectivity index (χ1) is 20.8. The number of anilines is 2. The zero-order chi connectivity index (χ0) is 30.3. The lowest BCUT2D eigenvalue weighted by atomic mass is 9.83. The Balaban J connectivity index is 1.27. The minimum atomic E-state index is -0.422. The summed E-state index contributed by atoms with van der Waals surface area (Å²) < 4.78 is 5.14. The Kier molecular flexibility index (Phi) is 10.2. The van der Waals surface area contributed by atoms with Gasteiger partial charge in [0.2, 0.25) is 11.8 Å². The molecule has 2 N–H and O–H groups in total. The monoisotopic (exact) mass is 632 g/mol. The maximum Gasteiger partial charge on any atom is 0.341 e. The fourth-order valence-electron chi connectivity index (χ4n) is 5.32. The highest BCUT2D eigenvalue weighted by Crippen LogP contribution is 2.43. The number of methoxy groups -OCH3 is 1. The molecule has 5 rings (SSSR count). The van der Waals surface area contributed by atoms with Crippen molar-refractivity contribution >= 4 is 63.2 Å². The highest BCUT2D eigenvalue weighted by atomic mass is 35.5. The number of thioether (sulfide) groups is 1. The van der Waals surface area contributed by atoms with E-state index < -0.39 is 11.2 Å². The topological polar surface area (TPSA) is 84.5 Å². The molecule has 43 heavy (non-hydrogen) atoms. The van der Waals surface area contributed by atoms with E-state index in [9.17, 15) is 14.4 Å². The number of hydrogen-bond acceptors (Lipinski definition) is 6. The average molecular weight is 633 g/mol. The molecule has 0 spiro atoms. The Labute approximate surface area is 265 Å². The molecule has 2 unspecified atom stereocenters. The summed E-state index contributed by atoms with van der Waals surface area (Å²) in [6, 6.07) is 25.1. The van der Waals surface area contributed by atoms with E-state index in [2.05, 4.69) is 34.9 Å². The number of carbonyl (C=O) groups is 3. The number of thiophene rings is 1. The summed E-state index contributed by atoms with van der Waals surface area (Å²) in [5.74, 6) is -0.359. The highest BCUT2D eigenvalue weighted by molar-refractivity contribution is 8.00. The molecule has 1 aromatic heterocycles. The predicted octanol–water partition coefficient (Wildman–Crippen LogP) is 8.15. The van der Waals surface area contributed by atoms with Crippen molar-refractivity contribution in [1.29, 1.82) is 0 Å². The smallest absolute Gasteiger partial charge is 0.341 e. The molecule has 9 heteroatoms. The molecule has 0 bridgehead atoms. The van der Waals surface area contributed by atoms with Crippen molar-refractivity contribution in [1.82, 2.24) is 0 Å². The number of hydrogen-bond donors (Lipinski definition) is 2. The van der Waals surface area contributed by atoms with Crippen LogP contribution in [0.25, 0.3) is 0 Å². The van der Waals surface area contributed by atoms with Gasteiger partial charge in [0.15, 0.2) is 0 Å². The molecule has 0 saturated carbocycles. The molecule has 4 aromatic rings. The normalized spacial score (nSPS) is 14.8. The van der Waals surface area contributed by atoms with Gasteiger partial charge >= 0.3 is 5.97 Å². The van der Waals surface area contributed by atoms with Crippen LogP contribution in [-0.4, -0.2) is 30.1 Å². The van der Waals surface area contributed by atoms with Gasteiger partial charge < -0.3 is 15.4 Å². The Hall–Kier alpha value is -3.59. The van der Waals surface area contributed by atoms with E-state index in [0.29, 0.717) is 33.6 Å². The van der Waals surface area contributed by atoms with Crippen molar-refractivity contribution in [3.8, 4) is 0 Å². The summed E-state index contributed by atoms with van der Waals surface area (Å²) >= 11 is 8.85. The first-order valence-corrected chi connectivity index (χ1v) is 16.3. The Bertz CT molecular complexity index is 1600. The summed E-state index contributed by atoms with van der Waals surface area (Å²) in [5, 5.41) is 6.78. The first kappa shape index (κ1) is 30.9. The van der Waals surface area contributed by atoms with Gasteiger partial charge in [0, 0.05) is 20.5 Å². The van der Waals surface area contributed by atoms with E-state index in [1.807, 2.05) is 49.4 Å². The van der Waals surface area contributed by atoms with Crippen LogP contribution < -0.4 is 10.6 Å². The number of nitrogens with one attached hydrogen (secondary N) is 2. The number of fused-ring (bicyclic) bond motifs is 1. The summed E-state index contributed by atoms with van der Waals surface area (Å²) in [6.45, 7) is 1.96. The van der Waals surface area contributed by atoms with Gasteiger partial charge in [-0.05, 0) is 78.6 Å². The van der Waals surface area contributed by atoms with Gasteiger partial charge in [-0.25, -0.2) is 4.79 Å². The van der Waals surface area contributed by atoms with E-state index in [1.54, 1.807) is 12.1 Å². The molecule has 3 aromatic carbocycles. The fourth-order valence-corrected chi connectivity index (χ4v) is 7.78. The lowest BCUT2D eigenvalue weighted by Crippen LogP contribution is -2.25. The Morgan fingerprint density at radius 1 is 1.02 bits per heavy atom. The quantitative estimate of drug-likeness (QED) is 0.136. The number of rotatable bonds is 10. The summed E-state index contributed by atoms with van der Waals surface area (Å²) in [4.78, 5) is 41.0. The zero-order valence-corrected chi connectivity index (χ0v) is 26.4. The van der Waals surface area contributed by atoms with E-state index in [1.165, 1.54) is 35.8 Å². The minimum absolute atomic E-state index is 0.138. The second-order valence-corrected chi connectivity index (χ2v) is 13.3. The van der Waals surface area contributed by atoms with Gasteiger partial charge in [0.1, 0.15) is 5.00 Å². The van der Waals surface area contributed by atoms with Crippen LogP contribution in [-0.2, 0) is 33.6 Å². The van der Waals surface area contributed by atoms with Gasteiger partial charge in [0.25, 0.3) is 0 Å². The van der Waals surface area contributed by atoms with Gasteiger partial charge in [-0.2, -0.15) is 0 Å². The van der Waals surface area contributed by atoms with E-state index in [4.69, 9.17) is 16.3 Å². The molecule has 2 amide bonds. The molecule has 6 nitrogen and oxygen atoms in total. The lowest BCUT2D eigenvalue weighted by Gasteiger charge is -2.22. The van der Waals surface area contributed by atoms with Crippen LogP contribution in [0, 0.1) is 0 Å². The van der Waals surface area contributed by atoms with Crippen molar-refractivity contribution in [3.63, 3.8) is 0 Å². The molecule has 2 atom stereocenters. The maximum absolute atomic E-state index is 13.5. The van der Waals surface area contributed by atoms with Crippen LogP contribution in [0.2, 0.25) is 5.02 Å². The number of amides is 2. The molecule has 0 aliphatic heterocycles. The number of esters is 1. The molecule has 0 fully saturated rings. The zero-order valence-electron chi connectivity index (χ0n) is 24.0. The third-order valence-corrected chi connectivity index (χ3v) is 10.3. The number of ether oxygens (including phenoxy) is 1. The number of halogens is 1. The number of benzene rings is 3. The minimum Gasteiger partial charge on any atom is -0.465 e. The second kappa shape index (κ2) is 14.3. The van der Waals surface area contributed by atoms with Gasteiger partial charge in [-0.3, -0.25) is 9.59 Å². The van der Waals surface area contributed by atoms with E-state index >= 15 is 0 Å². The van der Waals surface area contributed by atoms with Crippen LogP contribution in [0.5, 0.6) is 0 Å². The molecule has 1 heterocycles. The third kappa shape index (κ3) is 7.68. The van der Waals surface area contributed by atoms with Crippen molar-refractivity contribution in [3.05, 3.63) is 111 Å². The average Bonchev–Trinajstić information content (AvgIpc) is 3.38. The summed E-state index contributed by atoms with van der Waals surface area (Å²) in [6.07, 6.45) is 3.33. The predicted molar refractivity (Wildman–Crippen MR) is 176 cm³/mol. The molecular weight excluding hydrogens is 600 g/mol. The van der Waals surface area contributed by atoms with Gasteiger partial charge in [-0.1, -0.05) is 67.1 Å². The van der Waals surface area contributed by atoms with Gasteiger partial charge in [0.05, 0.1) is 24.3 Å². The standard InChI is InChI=1S/C34H33ClN2O4S2/c1-3-28(42-26-11-7-10-25(20-26)36-30(38)18-21-12-15-24(35)16-13-21)32(39)37-33-31(34(40)41-2)27-17-14-23(19-29(27)43-33)22-8-5-4-6-9-22/h4-13,15-16,20,23,28H,3,14,17-19H2,1-2H3,(H,36,38)(H,37,39). The molecular formula is C34H33ClN2O4S2. The van der Waals surface area contributed by atoms with E-state index in [0.717, 1.165) is 40.2 Å². The van der Waals surface area contributed by atoms with E-state index in [-0.39, 0.29) is 18.2 Å². The Morgan fingerprint density at radius 2 is 1.79 bits per heavy atom. The van der Waals surface area contributed by atoms with Crippen LogP contribution in [0.15, 0.2) is 83.8 Å². The SMILES string of the molecule is CCC(Sc1cccc(NC(=O)Cc2ccc(Cl)cc2)c1)C(=O)Nc1sc2c(c1C(=O)OC)CCC(c1ccccc1)C2. The van der Waals surface area contributed by atoms with Crippen LogP contribution in [0.3, 0.4) is 0 Å². The Morgan fingerprint density at radius 3 is 2.51 bits per heavy atom. The van der Waals surface area contributed by atoms with Crippen molar-refractivity contribution < 1.29 is 19.1 Å². The van der Waals surface area contributed by atoms with Crippen LogP contribution in [0.1, 0.15) is 57.6 Å². The second-order valence-electron chi connectivity index (χ2n) is 10.4. The summed E-state index contributed by atoms with van der Waals surface area (Å²) in [7, 11) is 1.37. The fraction of sp³-hybridized carbons (Fsp3) is 0.265.